The molecule has 0 aromatic rings. The van der Waals surface area contributed by atoms with E-state index in [0.717, 1.165) is 12.5 Å². The van der Waals surface area contributed by atoms with Crippen LogP contribution in [-0.2, 0) is 4.74 Å². The lowest BCUT2D eigenvalue weighted by molar-refractivity contribution is -0.0283. The van der Waals surface area contributed by atoms with Crippen LogP contribution in [0.15, 0.2) is 0 Å². The van der Waals surface area contributed by atoms with Gasteiger partial charge < -0.3 is 15.2 Å². The molecule has 21 heavy (non-hydrogen) atoms. The van der Waals surface area contributed by atoms with E-state index in [9.17, 15) is 5.11 Å². The van der Waals surface area contributed by atoms with E-state index < -0.39 is 0 Å². The number of aliphatic hydroxyl groups is 1. The highest BCUT2D eigenvalue weighted by atomic mass is 16.5. The molecule has 0 aromatic carbocycles. The molecule has 124 valence electrons. The largest absolute Gasteiger partial charge is 0.389 e. The molecular weight excluding hydrogens is 262 g/mol. The molecule has 2 aliphatic carbocycles. The predicted molar refractivity (Wildman–Crippen MR) is 87.4 cm³/mol. The summed E-state index contributed by atoms with van der Waals surface area (Å²) in [6, 6.07) is 0. The molecule has 0 aromatic heterocycles. The van der Waals surface area contributed by atoms with Crippen molar-refractivity contribution in [3.8, 4) is 0 Å². The highest BCUT2D eigenvalue weighted by molar-refractivity contribution is 4.85. The number of ether oxygens (including phenoxy) is 1. The Morgan fingerprint density at radius 3 is 2.48 bits per heavy atom. The molecule has 0 radical (unpaired) electrons. The van der Waals surface area contributed by atoms with Gasteiger partial charge in [0.25, 0.3) is 0 Å². The Labute approximate surface area is 130 Å². The van der Waals surface area contributed by atoms with Crippen molar-refractivity contribution in [2.45, 2.75) is 83.8 Å². The molecule has 0 saturated heterocycles. The standard InChI is InChI=1S/C18H35NO2/c1-3-18(10-4-5-11-18)14-19-12-16(20)13-21-17-8-6-15(2)7-9-17/h15-17,19-20H,3-14H2,1-2H3. The van der Waals surface area contributed by atoms with Crippen LogP contribution >= 0.6 is 0 Å². The number of nitrogens with one attached hydrogen (secondary N) is 1. The minimum atomic E-state index is -0.361. The van der Waals surface area contributed by atoms with Crippen molar-refractivity contribution in [1.82, 2.24) is 5.32 Å². The summed E-state index contributed by atoms with van der Waals surface area (Å²) in [6.45, 7) is 6.84. The summed E-state index contributed by atoms with van der Waals surface area (Å²) in [4.78, 5) is 0. The van der Waals surface area contributed by atoms with Gasteiger partial charge in [0.05, 0.1) is 18.8 Å². The Morgan fingerprint density at radius 2 is 1.86 bits per heavy atom. The molecule has 3 heteroatoms. The van der Waals surface area contributed by atoms with E-state index in [0.29, 0.717) is 24.7 Å². The number of hydrogen-bond donors (Lipinski definition) is 2. The fourth-order valence-corrected chi connectivity index (χ4v) is 3.99. The Kier molecular flexibility index (Phi) is 6.97. The van der Waals surface area contributed by atoms with Crippen LogP contribution < -0.4 is 5.32 Å². The summed E-state index contributed by atoms with van der Waals surface area (Å²) in [5.41, 5.74) is 0.500. The van der Waals surface area contributed by atoms with Gasteiger partial charge in [0, 0.05) is 13.1 Å². The molecule has 0 spiro atoms. The zero-order chi connectivity index (χ0) is 15.1. The Morgan fingerprint density at radius 1 is 1.19 bits per heavy atom. The van der Waals surface area contributed by atoms with Crippen molar-refractivity contribution < 1.29 is 9.84 Å². The van der Waals surface area contributed by atoms with E-state index in [1.807, 2.05) is 0 Å². The van der Waals surface area contributed by atoms with Crippen molar-refractivity contribution in [3.63, 3.8) is 0 Å². The normalized spacial score (nSPS) is 30.4. The van der Waals surface area contributed by atoms with Gasteiger partial charge in [-0.3, -0.25) is 0 Å². The quantitative estimate of drug-likeness (QED) is 0.720. The molecule has 1 unspecified atom stereocenters. The lowest BCUT2D eigenvalue weighted by Crippen LogP contribution is -2.38. The van der Waals surface area contributed by atoms with Gasteiger partial charge in [0.2, 0.25) is 0 Å². The topological polar surface area (TPSA) is 41.5 Å². The van der Waals surface area contributed by atoms with Gasteiger partial charge in [0.1, 0.15) is 0 Å². The smallest absolute Gasteiger partial charge is 0.0897 e. The van der Waals surface area contributed by atoms with Gasteiger partial charge in [-0.05, 0) is 56.3 Å². The highest BCUT2D eigenvalue weighted by Crippen LogP contribution is 2.40. The molecule has 2 N–H and O–H groups in total. The Bertz CT molecular complexity index is 281. The van der Waals surface area contributed by atoms with Gasteiger partial charge in [0.15, 0.2) is 0 Å². The molecule has 2 aliphatic rings. The first-order chi connectivity index (χ1) is 10.1. The molecule has 2 rings (SSSR count). The second kappa shape index (κ2) is 8.50. The molecule has 0 amide bonds. The summed E-state index contributed by atoms with van der Waals surface area (Å²) < 4.78 is 5.88. The third-order valence-corrected chi connectivity index (χ3v) is 5.78. The average molecular weight is 297 g/mol. The van der Waals surface area contributed by atoms with Crippen LogP contribution in [0.3, 0.4) is 0 Å². The number of rotatable bonds is 8. The molecular formula is C18H35NO2. The molecule has 0 bridgehead atoms. The second-order valence-corrected chi connectivity index (χ2v) is 7.56. The van der Waals surface area contributed by atoms with E-state index in [-0.39, 0.29) is 6.10 Å². The maximum atomic E-state index is 10.1. The van der Waals surface area contributed by atoms with Crippen molar-refractivity contribution in [2.75, 3.05) is 19.7 Å². The van der Waals surface area contributed by atoms with Crippen LogP contribution in [0.25, 0.3) is 0 Å². The molecule has 1 atom stereocenters. The van der Waals surface area contributed by atoms with Gasteiger partial charge in [-0.15, -0.1) is 0 Å². The average Bonchev–Trinajstić information content (AvgIpc) is 2.96. The second-order valence-electron chi connectivity index (χ2n) is 7.56. The van der Waals surface area contributed by atoms with Crippen LogP contribution in [0, 0.1) is 11.3 Å². The van der Waals surface area contributed by atoms with Crippen molar-refractivity contribution in [1.29, 1.82) is 0 Å². The van der Waals surface area contributed by atoms with E-state index >= 15 is 0 Å². The minimum Gasteiger partial charge on any atom is -0.389 e. The lowest BCUT2D eigenvalue weighted by Gasteiger charge is -2.29. The molecule has 3 nitrogen and oxygen atoms in total. The maximum absolute atomic E-state index is 10.1. The van der Waals surface area contributed by atoms with E-state index in [4.69, 9.17) is 4.74 Å². The zero-order valence-electron chi connectivity index (χ0n) is 14.1. The van der Waals surface area contributed by atoms with Crippen LogP contribution in [0.4, 0.5) is 0 Å². The molecule has 2 fully saturated rings. The van der Waals surface area contributed by atoms with Crippen molar-refractivity contribution in [3.05, 3.63) is 0 Å². The fourth-order valence-electron chi connectivity index (χ4n) is 3.99. The summed E-state index contributed by atoms with van der Waals surface area (Å²) in [5.74, 6) is 0.855. The Balaban J connectivity index is 1.56. The third-order valence-electron chi connectivity index (χ3n) is 5.78. The van der Waals surface area contributed by atoms with Gasteiger partial charge in [-0.2, -0.15) is 0 Å². The number of hydrogen-bond acceptors (Lipinski definition) is 3. The first-order valence-electron chi connectivity index (χ1n) is 9.14. The van der Waals surface area contributed by atoms with Gasteiger partial charge in [-0.25, -0.2) is 0 Å². The van der Waals surface area contributed by atoms with Crippen LogP contribution in [0.1, 0.15) is 71.6 Å². The van der Waals surface area contributed by atoms with Gasteiger partial charge >= 0.3 is 0 Å². The fraction of sp³-hybridized carbons (Fsp3) is 1.00. The number of aliphatic hydroxyl groups excluding tert-OH is 1. The summed E-state index contributed by atoms with van der Waals surface area (Å²) in [5, 5.41) is 13.6. The van der Waals surface area contributed by atoms with Crippen LogP contribution in [0.5, 0.6) is 0 Å². The van der Waals surface area contributed by atoms with Crippen molar-refractivity contribution >= 4 is 0 Å². The first-order valence-corrected chi connectivity index (χ1v) is 9.14. The zero-order valence-corrected chi connectivity index (χ0v) is 14.1. The summed E-state index contributed by atoms with van der Waals surface area (Å²) in [6.07, 6.45) is 11.6. The highest BCUT2D eigenvalue weighted by Gasteiger charge is 2.31. The summed E-state index contributed by atoms with van der Waals surface area (Å²) in [7, 11) is 0. The minimum absolute atomic E-state index is 0.361. The van der Waals surface area contributed by atoms with Crippen molar-refractivity contribution in [2.24, 2.45) is 11.3 Å². The van der Waals surface area contributed by atoms with Gasteiger partial charge in [-0.1, -0.05) is 26.7 Å². The SMILES string of the molecule is CCC1(CNCC(O)COC2CCC(C)CC2)CCCC1. The third kappa shape index (κ3) is 5.54. The molecule has 0 heterocycles. The van der Waals surface area contributed by atoms with Crippen LogP contribution in [-0.4, -0.2) is 37.0 Å². The molecule has 0 aliphatic heterocycles. The Hall–Kier alpha value is -0.120. The maximum Gasteiger partial charge on any atom is 0.0897 e. The monoisotopic (exact) mass is 297 g/mol. The van der Waals surface area contributed by atoms with E-state index in [1.54, 1.807) is 0 Å². The molecule has 2 saturated carbocycles. The lowest BCUT2D eigenvalue weighted by atomic mass is 9.83. The summed E-state index contributed by atoms with van der Waals surface area (Å²) >= 11 is 0. The van der Waals surface area contributed by atoms with E-state index in [1.165, 1.54) is 57.8 Å². The first kappa shape index (κ1) is 17.2. The van der Waals surface area contributed by atoms with Crippen LogP contribution in [0.2, 0.25) is 0 Å². The predicted octanol–water partition coefficient (Wildman–Crippen LogP) is 3.50. The van der Waals surface area contributed by atoms with E-state index in [2.05, 4.69) is 19.2 Å².